The van der Waals surface area contributed by atoms with Gasteiger partial charge in [0.25, 0.3) is 5.56 Å². The highest BCUT2D eigenvalue weighted by molar-refractivity contribution is 7.99. The highest BCUT2D eigenvalue weighted by Crippen LogP contribution is 2.31. The number of aromatic nitrogens is 2. The summed E-state index contributed by atoms with van der Waals surface area (Å²) in [4.78, 5) is 32.9. The number of thiophene rings is 1. The van der Waals surface area contributed by atoms with Crippen molar-refractivity contribution >= 4 is 44.9 Å². The van der Waals surface area contributed by atoms with Gasteiger partial charge in [-0.05, 0) is 43.2 Å². The Hall–Kier alpha value is -3.61. The van der Waals surface area contributed by atoms with Crippen LogP contribution >= 0.6 is 23.1 Å². The number of fused-ring (bicyclic) bond motifs is 1. The van der Waals surface area contributed by atoms with Gasteiger partial charge in [-0.3, -0.25) is 14.2 Å². The molecule has 0 saturated heterocycles. The molecule has 172 valence electrons. The van der Waals surface area contributed by atoms with E-state index in [1.165, 1.54) is 27.7 Å². The van der Waals surface area contributed by atoms with Gasteiger partial charge in [-0.1, -0.05) is 36.9 Å². The van der Waals surface area contributed by atoms with Gasteiger partial charge < -0.3 is 10.1 Å². The third-order valence-corrected chi connectivity index (χ3v) is 7.59. The van der Waals surface area contributed by atoms with Crippen LogP contribution < -0.4 is 15.6 Å². The summed E-state index contributed by atoms with van der Waals surface area (Å²) in [7, 11) is 1.57. The summed E-state index contributed by atoms with van der Waals surface area (Å²) in [6.45, 7) is 4.00. The lowest BCUT2D eigenvalue weighted by Gasteiger charge is -2.13. The molecule has 2 aromatic carbocycles. The van der Waals surface area contributed by atoms with Gasteiger partial charge in [-0.2, -0.15) is 5.26 Å². The van der Waals surface area contributed by atoms with Crippen molar-refractivity contribution in [3.05, 3.63) is 74.9 Å². The first-order valence-electron chi connectivity index (χ1n) is 10.6. The first-order chi connectivity index (χ1) is 16.5. The number of thioether (sulfide) groups is 1. The van der Waals surface area contributed by atoms with Crippen molar-refractivity contribution in [3.63, 3.8) is 0 Å². The van der Waals surface area contributed by atoms with Crippen LogP contribution in [-0.4, -0.2) is 28.3 Å². The molecule has 0 saturated carbocycles. The fourth-order valence-electron chi connectivity index (χ4n) is 3.63. The summed E-state index contributed by atoms with van der Waals surface area (Å²) >= 11 is 2.68. The second kappa shape index (κ2) is 10.1. The number of carbonyl (C=O) groups is 1. The molecular formula is C25H22N4O3S2. The van der Waals surface area contributed by atoms with Crippen molar-refractivity contribution in [2.75, 3.05) is 18.2 Å². The number of para-hydroxylation sites is 1. The Labute approximate surface area is 205 Å². The molecule has 2 aromatic heterocycles. The SMILES string of the molecule is CCc1sc2nc(SCC(=O)Nc3ccccc3C#N)n(-c3cccc(OC)c3)c(=O)c2c1C. The van der Waals surface area contributed by atoms with Gasteiger partial charge in [-0.15, -0.1) is 11.3 Å². The third kappa shape index (κ3) is 4.55. The van der Waals surface area contributed by atoms with Gasteiger partial charge in [0, 0.05) is 10.9 Å². The lowest BCUT2D eigenvalue weighted by molar-refractivity contribution is -0.113. The van der Waals surface area contributed by atoms with Gasteiger partial charge in [0.15, 0.2) is 5.16 Å². The quantitative estimate of drug-likeness (QED) is 0.291. The van der Waals surface area contributed by atoms with Crippen molar-refractivity contribution in [1.29, 1.82) is 5.26 Å². The monoisotopic (exact) mass is 490 g/mol. The Kier molecular flexibility index (Phi) is 7.01. The van der Waals surface area contributed by atoms with E-state index >= 15 is 0 Å². The Morgan fingerprint density at radius 3 is 2.79 bits per heavy atom. The maximum Gasteiger partial charge on any atom is 0.267 e. The standard InChI is InChI=1S/C25H22N4O3S2/c1-4-20-15(2)22-23(34-20)28-25(29(24(22)31)17-9-7-10-18(12-17)32-3)33-14-21(30)27-19-11-6-5-8-16(19)13-26/h5-12H,4,14H2,1-3H3,(H,27,30). The molecular weight excluding hydrogens is 468 g/mol. The molecule has 0 aliphatic rings. The van der Waals surface area contributed by atoms with Crippen LogP contribution in [0.25, 0.3) is 15.9 Å². The lowest BCUT2D eigenvalue weighted by atomic mass is 10.2. The maximum atomic E-state index is 13.7. The number of carbonyl (C=O) groups excluding carboxylic acids is 1. The maximum absolute atomic E-state index is 13.7. The van der Waals surface area contributed by atoms with E-state index in [-0.39, 0.29) is 17.2 Å². The number of ether oxygens (including phenoxy) is 1. The Morgan fingerprint density at radius 1 is 1.26 bits per heavy atom. The van der Waals surface area contributed by atoms with E-state index in [9.17, 15) is 14.9 Å². The second-order valence-electron chi connectivity index (χ2n) is 7.41. The number of methoxy groups -OCH3 is 1. The number of anilines is 1. The fourth-order valence-corrected chi connectivity index (χ4v) is 5.60. The zero-order valence-electron chi connectivity index (χ0n) is 18.9. The minimum absolute atomic E-state index is 0.0205. The molecule has 0 aliphatic carbocycles. The number of nitrogens with one attached hydrogen (secondary N) is 1. The van der Waals surface area contributed by atoms with Crippen molar-refractivity contribution in [1.82, 2.24) is 9.55 Å². The Morgan fingerprint density at radius 2 is 2.06 bits per heavy atom. The van der Waals surface area contributed by atoms with E-state index in [1.807, 2.05) is 19.1 Å². The average Bonchev–Trinajstić information content (AvgIpc) is 3.18. The minimum Gasteiger partial charge on any atom is -0.497 e. The van der Waals surface area contributed by atoms with Crippen molar-refractivity contribution in [2.24, 2.45) is 0 Å². The van der Waals surface area contributed by atoms with Gasteiger partial charge in [0.2, 0.25) is 5.91 Å². The molecule has 0 atom stereocenters. The largest absolute Gasteiger partial charge is 0.497 e. The predicted octanol–water partition coefficient (Wildman–Crippen LogP) is 4.93. The average molecular weight is 491 g/mol. The number of aryl methyl sites for hydroxylation is 2. The van der Waals surface area contributed by atoms with Crippen LogP contribution in [0.1, 0.15) is 22.9 Å². The van der Waals surface area contributed by atoms with E-state index in [0.717, 1.165) is 16.9 Å². The third-order valence-electron chi connectivity index (χ3n) is 5.32. The predicted molar refractivity (Wildman–Crippen MR) is 136 cm³/mol. The molecule has 34 heavy (non-hydrogen) atoms. The van der Waals surface area contributed by atoms with Crippen LogP contribution in [0.5, 0.6) is 5.75 Å². The molecule has 0 radical (unpaired) electrons. The summed E-state index contributed by atoms with van der Waals surface area (Å²) in [5, 5.41) is 13.0. The molecule has 0 unspecified atom stereocenters. The molecule has 0 aliphatic heterocycles. The molecule has 4 aromatic rings. The van der Waals surface area contributed by atoms with E-state index in [0.29, 0.717) is 38.1 Å². The van der Waals surface area contributed by atoms with Gasteiger partial charge >= 0.3 is 0 Å². The molecule has 0 fully saturated rings. The summed E-state index contributed by atoms with van der Waals surface area (Å²) < 4.78 is 6.88. The fraction of sp³-hybridized carbons (Fsp3) is 0.200. The topological polar surface area (TPSA) is 97.0 Å². The number of benzene rings is 2. The zero-order chi connectivity index (χ0) is 24.2. The minimum atomic E-state index is -0.296. The van der Waals surface area contributed by atoms with E-state index in [2.05, 4.69) is 18.3 Å². The molecule has 7 nitrogen and oxygen atoms in total. The summed E-state index contributed by atoms with van der Waals surface area (Å²) in [6, 6.07) is 16.1. The smallest absolute Gasteiger partial charge is 0.267 e. The highest BCUT2D eigenvalue weighted by Gasteiger charge is 2.20. The Bertz CT molecular complexity index is 1480. The molecule has 0 bridgehead atoms. The van der Waals surface area contributed by atoms with Crippen molar-refractivity contribution < 1.29 is 9.53 Å². The van der Waals surface area contributed by atoms with Crippen molar-refractivity contribution in [3.8, 4) is 17.5 Å². The number of rotatable bonds is 7. The van der Waals surface area contributed by atoms with Crippen LogP contribution in [0.4, 0.5) is 5.69 Å². The number of hydrogen-bond acceptors (Lipinski definition) is 7. The molecule has 2 heterocycles. The normalized spacial score (nSPS) is 10.8. The van der Waals surface area contributed by atoms with Gasteiger partial charge in [-0.25, -0.2) is 4.98 Å². The van der Waals surface area contributed by atoms with Gasteiger partial charge in [0.1, 0.15) is 16.6 Å². The molecule has 0 spiro atoms. The van der Waals surface area contributed by atoms with Crippen LogP contribution in [-0.2, 0) is 11.2 Å². The molecule has 1 N–H and O–H groups in total. The number of nitrogens with zero attached hydrogens (tertiary/aromatic N) is 3. The van der Waals surface area contributed by atoms with E-state index in [1.54, 1.807) is 43.5 Å². The van der Waals surface area contributed by atoms with Crippen LogP contribution in [0.2, 0.25) is 0 Å². The molecule has 9 heteroatoms. The van der Waals surface area contributed by atoms with Crippen LogP contribution in [0.3, 0.4) is 0 Å². The van der Waals surface area contributed by atoms with Gasteiger partial charge in [0.05, 0.1) is 35.2 Å². The van der Waals surface area contributed by atoms with Crippen molar-refractivity contribution in [2.45, 2.75) is 25.4 Å². The van der Waals surface area contributed by atoms with E-state index < -0.39 is 0 Å². The highest BCUT2D eigenvalue weighted by atomic mass is 32.2. The summed E-state index contributed by atoms with van der Waals surface area (Å²) in [5.41, 5.74) is 2.21. The van der Waals surface area contributed by atoms with Crippen LogP contribution in [0, 0.1) is 18.3 Å². The lowest BCUT2D eigenvalue weighted by Crippen LogP contribution is -2.23. The first kappa shape index (κ1) is 23.5. The summed E-state index contributed by atoms with van der Waals surface area (Å²) in [6.07, 6.45) is 0.814. The molecule has 1 amide bonds. The number of amides is 1. The second-order valence-corrected chi connectivity index (χ2v) is 9.44. The number of nitriles is 1. The first-order valence-corrected chi connectivity index (χ1v) is 12.4. The zero-order valence-corrected chi connectivity index (χ0v) is 20.5. The Balaban J connectivity index is 1.74. The number of hydrogen-bond donors (Lipinski definition) is 1. The summed E-state index contributed by atoms with van der Waals surface area (Å²) in [5.74, 6) is 0.339. The van der Waals surface area contributed by atoms with Crippen LogP contribution in [0.15, 0.2) is 58.5 Å². The molecule has 4 rings (SSSR count). The van der Waals surface area contributed by atoms with E-state index in [4.69, 9.17) is 9.72 Å².